The van der Waals surface area contributed by atoms with Crippen molar-refractivity contribution in [1.82, 2.24) is 9.97 Å². The summed E-state index contributed by atoms with van der Waals surface area (Å²) in [7, 11) is 0. The molecule has 0 saturated heterocycles. The SMILES string of the molecule is N#Cc1cnc(NCCc2ccc(-c3ccccc3)cc2)cn1. The molecule has 0 aliphatic carbocycles. The second-order valence-electron chi connectivity index (χ2n) is 5.14. The summed E-state index contributed by atoms with van der Waals surface area (Å²) in [4.78, 5) is 8.12. The highest BCUT2D eigenvalue weighted by atomic mass is 15.0. The van der Waals surface area contributed by atoms with Gasteiger partial charge in [-0.15, -0.1) is 0 Å². The van der Waals surface area contributed by atoms with Crippen molar-refractivity contribution in [2.24, 2.45) is 0 Å². The van der Waals surface area contributed by atoms with Crippen LogP contribution >= 0.6 is 0 Å². The molecule has 1 aromatic heterocycles. The average molecular weight is 300 g/mol. The van der Waals surface area contributed by atoms with Gasteiger partial charge in [-0.1, -0.05) is 54.6 Å². The molecule has 0 saturated carbocycles. The molecule has 0 atom stereocenters. The van der Waals surface area contributed by atoms with E-state index >= 15 is 0 Å². The first kappa shape index (κ1) is 14.7. The molecular formula is C19H16N4. The van der Waals surface area contributed by atoms with Gasteiger partial charge in [-0.2, -0.15) is 5.26 Å². The molecule has 3 rings (SSSR count). The minimum absolute atomic E-state index is 0.326. The number of nitrogens with one attached hydrogen (secondary N) is 1. The summed E-state index contributed by atoms with van der Waals surface area (Å²) >= 11 is 0. The molecule has 2 aromatic carbocycles. The van der Waals surface area contributed by atoms with E-state index in [1.54, 1.807) is 6.20 Å². The molecular weight excluding hydrogens is 284 g/mol. The number of nitriles is 1. The molecule has 0 unspecified atom stereocenters. The average Bonchev–Trinajstić information content (AvgIpc) is 2.64. The van der Waals surface area contributed by atoms with Crippen LogP contribution in [-0.2, 0) is 6.42 Å². The normalized spacial score (nSPS) is 10.0. The van der Waals surface area contributed by atoms with E-state index in [0.717, 1.165) is 13.0 Å². The van der Waals surface area contributed by atoms with Crippen molar-refractivity contribution in [3.8, 4) is 17.2 Å². The first-order valence-corrected chi connectivity index (χ1v) is 7.45. The molecule has 4 heteroatoms. The van der Waals surface area contributed by atoms with Crippen LogP contribution in [0.4, 0.5) is 5.82 Å². The standard InChI is InChI=1S/C19H16N4/c20-12-18-13-23-19(14-22-18)21-11-10-15-6-8-17(9-7-15)16-4-2-1-3-5-16/h1-9,13-14H,10-11H2,(H,21,23). The highest BCUT2D eigenvalue weighted by Gasteiger charge is 1.99. The molecule has 23 heavy (non-hydrogen) atoms. The van der Waals surface area contributed by atoms with E-state index in [-0.39, 0.29) is 0 Å². The zero-order chi connectivity index (χ0) is 15.9. The molecule has 0 radical (unpaired) electrons. The highest BCUT2D eigenvalue weighted by Crippen LogP contribution is 2.19. The zero-order valence-corrected chi connectivity index (χ0v) is 12.6. The molecule has 1 heterocycles. The number of hydrogen-bond acceptors (Lipinski definition) is 4. The summed E-state index contributed by atoms with van der Waals surface area (Å²) in [6.45, 7) is 0.769. The number of rotatable bonds is 5. The number of hydrogen-bond donors (Lipinski definition) is 1. The van der Waals surface area contributed by atoms with Crippen molar-refractivity contribution in [2.75, 3.05) is 11.9 Å². The quantitative estimate of drug-likeness (QED) is 0.781. The molecule has 112 valence electrons. The van der Waals surface area contributed by atoms with Crippen LogP contribution in [0.1, 0.15) is 11.3 Å². The molecule has 0 spiro atoms. The maximum Gasteiger partial charge on any atom is 0.158 e. The second kappa shape index (κ2) is 7.19. The maximum absolute atomic E-state index is 8.69. The van der Waals surface area contributed by atoms with Crippen LogP contribution in [0.5, 0.6) is 0 Å². The lowest BCUT2D eigenvalue weighted by molar-refractivity contribution is 0.998. The predicted octanol–water partition coefficient (Wildman–Crippen LogP) is 3.67. The molecule has 0 fully saturated rings. The number of aromatic nitrogens is 2. The molecule has 3 aromatic rings. The fraction of sp³-hybridized carbons (Fsp3) is 0.105. The van der Waals surface area contributed by atoms with Crippen molar-refractivity contribution in [2.45, 2.75) is 6.42 Å². The van der Waals surface area contributed by atoms with Gasteiger partial charge >= 0.3 is 0 Å². The van der Waals surface area contributed by atoms with Crippen molar-refractivity contribution in [1.29, 1.82) is 5.26 Å². The van der Waals surface area contributed by atoms with Gasteiger partial charge in [0.2, 0.25) is 0 Å². The first-order valence-electron chi connectivity index (χ1n) is 7.45. The monoisotopic (exact) mass is 300 g/mol. The van der Waals surface area contributed by atoms with Crippen molar-refractivity contribution < 1.29 is 0 Å². The van der Waals surface area contributed by atoms with Gasteiger partial charge < -0.3 is 5.32 Å². The largest absolute Gasteiger partial charge is 0.368 e. The predicted molar refractivity (Wildman–Crippen MR) is 90.8 cm³/mol. The second-order valence-corrected chi connectivity index (χ2v) is 5.14. The fourth-order valence-electron chi connectivity index (χ4n) is 2.31. The summed E-state index contributed by atoms with van der Waals surface area (Å²) in [5.41, 5.74) is 4.04. The van der Waals surface area contributed by atoms with Crippen LogP contribution < -0.4 is 5.32 Å². The summed E-state index contributed by atoms with van der Waals surface area (Å²) in [6, 6.07) is 20.9. The molecule has 0 aliphatic heterocycles. The minimum atomic E-state index is 0.326. The van der Waals surface area contributed by atoms with Crippen molar-refractivity contribution in [3.63, 3.8) is 0 Å². The molecule has 0 aliphatic rings. The summed E-state index contributed by atoms with van der Waals surface area (Å²) < 4.78 is 0. The van der Waals surface area contributed by atoms with Gasteiger partial charge in [-0.25, -0.2) is 9.97 Å². The van der Waals surface area contributed by atoms with E-state index in [9.17, 15) is 0 Å². The van der Waals surface area contributed by atoms with E-state index < -0.39 is 0 Å². The third-order valence-electron chi connectivity index (χ3n) is 3.55. The Labute approximate surface area is 135 Å². The summed E-state index contributed by atoms with van der Waals surface area (Å²) in [6.07, 6.45) is 3.95. The number of benzene rings is 2. The van der Waals surface area contributed by atoms with Crippen LogP contribution in [0, 0.1) is 11.3 Å². The Hall–Kier alpha value is -3.19. The van der Waals surface area contributed by atoms with Gasteiger partial charge in [0, 0.05) is 6.54 Å². The van der Waals surface area contributed by atoms with Gasteiger partial charge in [0.1, 0.15) is 11.9 Å². The van der Waals surface area contributed by atoms with Gasteiger partial charge in [0.05, 0.1) is 12.4 Å². The Morgan fingerprint density at radius 3 is 2.26 bits per heavy atom. The first-order chi connectivity index (χ1) is 11.3. The summed E-state index contributed by atoms with van der Waals surface area (Å²) in [5.74, 6) is 0.685. The molecule has 0 bridgehead atoms. The topological polar surface area (TPSA) is 61.6 Å². The van der Waals surface area contributed by atoms with Crippen LogP contribution in [0.2, 0.25) is 0 Å². The van der Waals surface area contributed by atoms with E-state index in [1.165, 1.54) is 22.9 Å². The van der Waals surface area contributed by atoms with Crippen molar-refractivity contribution in [3.05, 3.63) is 78.2 Å². The van der Waals surface area contributed by atoms with Crippen LogP contribution in [0.3, 0.4) is 0 Å². The van der Waals surface area contributed by atoms with E-state index in [2.05, 4.69) is 51.7 Å². The third kappa shape index (κ3) is 3.92. The van der Waals surface area contributed by atoms with Gasteiger partial charge in [0.15, 0.2) is 5.69 Å². The lowest BCUT2D eigenvalue weighted by Gasteiger charge is -2.06. The van der Waals surface area contributed by atoms with Crippen LogP contribution in [-0.4, -0.2) is 16.5 Å². The highest BCUT2D eigenvalue weighted by molar-refractivity contribution is 5.63. The van der Waals surface area contributed by atoms with E-state index in [1.807, 2.05) is 24.3 Å². The minimum Gasteiger partial charge on any atom is -0.368 e. The van der Waals surface area contributed by atoms with Gasteiger partial charge in [-0.05, 0) is 23.1 Å². The van der Waals surface area contributed by atoms with Gasteiger partial charge in [0.25, 0.3) is 0 Å². The smallest absolute Gasteiger partial charge is 0.158 e. The zero-order valence-electron chi connectivity index (χ0n) is 12.6. The van der Waals surface area contributed by atoms with Crippen molar-refractivity contribution >= 4 is 5.82 Å². The van der Waals surface area contributed by atoms with Crippen LogP contribution in [0.25, 0.3) is 11.1 Å². The van der Waals surface area contributed by atoms with E-state index in [0.29, 0.717) is 11.5 Å². The Balaban J connectivity index is 1.55. The molecule has 1 N–H and O–H groups in total. The maximum atomic E-state index is 8.69. The van der Waals surface area contributed by atoms with Crippen LogP contribution in [0.15, 0.2) is 67.0 Å². The Kier molecular flexibility index (Phi) is 4.61. The molecule has 4 nitrogen and oxygen atoms in total. The third-order valence-corrected chi connectivity index (χ3v) is 3.55. The summed E-state index contributed by atoms with van der Waals surface area (Å²) in [5, 5.41) is 11.9. The van der Waals surface area contributed by atoms with E-state index in [4.69, 9.17) is 5.26 Å². The Bertz CT molecular complexity index is 788. The number of nitrogens with zero attached hydrogens (tertiary/aromatic N) is 3. The Morgan fingerprint density at radius 1 is 0.870 bits per heavy atom. The number of anilines is 1. The lowest BCUT2D eigenvalue weighted by Crippen LogP contribution is -2.06. The molecule has 0 amide bonds. The fourth-order valence-corrected chi connectivity index (χ4v) is 2.31. The van der Waals surface area contributed by atoms with Gasteiger partial charge in [-0.3, -0.25) is 0 Å². The Morgan fingerprint density at radius 2 is 1.61 bits per heavy atom. The lowest BCUT2D eigenvalue weighted by atomic mass is 10.0.